The highest BCUT2D eigenvalue weighted by Crippen LogP contribution is 2.18. The molecular formula is C10H14BrNO2. The maximum absolute atomic E-state index is 5.35. The van der Waals surface area contributed by atoms with Gasteiger partial charge in [0.1, 0.15) is 0 Å². The Bertz CT molecular complexity index is 294. The molecule has 0 bridgehead atoms. The van der Waals surface area contributed by atoms with Crippen molar-refractivity contribution in [1.29, 1.82) is 0 Å². The van der Waals surface area contributed by atoms with Crippen molar-refractivity contribution in [3.05, 3.63) is 22.6 Å². The Morgan fingerprint density at radius 1 is 1.64 bits per heavy atom. The van der Waals surface area contributed by atoms with Crippen molar-refractivity contribution in [2.45, 2.75) is 19.0 Å². The van der Waals surface area contributed by atoms with Crippen LogP contribution in [0.5, 0.6) is 0 Å². The van der Waals surface area contributed by atoms with E-state index >= 15 is 0 Å². The molecule has 14 heavy (non-hydrogen) atoms. The largest absolute Gasteiger partial charge is 0.457 e. The van der Waals surface area contributed by atoms with Crippen LogP contribution in [0, 0.1) is 0 Å². The third-order valence-corrected chi connectivity index (χ3v) is 3.00. The summed E-state index contributed by atoms with van der Waals surface area (Å²) in [7, 11) is 2.13. The number of rotatable bonds is 3. The molecule has 1 saturated heterocycles. The lowest BCUT2D eigenvalue weighted by Gasteiger charge is -2.21. The van der Waals surface area contributed by atoms with Crippen molar-refractivity contribution in [3.8, 4) is 0 Å². The second-order valence-electron chi connectivity index (χ2n) is 3.69. The lowest BCUT2D eigenvalue weighted by molar-refractivity contribution is 0.156. The normalized spacial score (nSPS) is 22.1. The predicted molar refractivity (Wildman–Crippen MR) is 57.1 cm³/mol. The molecule has 2 heterocycles. The second kappa shape index (κ2) is 4.47. The van der Waals surface area contributed by atoms with Gasteiger partial charge in [0.25, 0.3) is 0 Å². The maximum Gasteiger partial charge on any atom is 0.169 e. The van der Waals surface area contributed by atoms with Crippen molar-refractivity contribution < 1.29 is 9.15 Å². The molecule has 0 aromatic carbocycles. The molecule has 0 saturated carbocycles. The summed E-state index contributed by atoms with van der Waals surface area (Å²) in [6.07, 6.45) is 2.92. The summed E-state index contributed by atoms with van der Waals surface area (Å²) in [6.45, 7) is 2.67. The van der Waals surface area contributed by atoms with E-state index in [-0.39, 0.29) is 0 Å². The smallest absolute Gasteiger partial charge is 0.169 e. The monoisotopic (exact) mass is 259 g/mol. The SMILES string of the molecule is CN(Cc1coc(Br)c1)C1CCOC1. The topological polar surface area (TPSA) is 25.6 Å². The zero-order chi connectivity index (χ0) is 9.97. The van der Waals surface area contributed by atoms with Crippen LogP contribution in [-0.2, 0) is 11.3 Å². The molecule has 0 N–H and O–H groups in total. The number of likely N-dealkylation sites (N-methyl/N-ethyl adjacent to an activating group) is 1. The van der Waals surface area contributed by atoms with Gasteiger partial charge in [-0.1, -0.05) is 0 Å². The number of nitrogens with zero attached hydrogens (tertiary/aromatic N) is 1. The van der Waals surface area contributed by atoms with Crippen molar-refractivity contribution in [2.24, 2.45) is 0 Å². The Kier molecular flexibility index (Phi) is 3.26. The highest BCUT2D eigenvalue weighted by molar-refractivity contribution is 9.10. The number of ether oxygens (including phenoxy) is 1. The second-order valence-corrected chi connectivity index (χ2v) is 4.47. The van der Waals surface area contributed by atoms with Crippen LogP contribution < -0.4 is 0 Å². The van der Waals surface area contributed by atoms with E-state index in [1.54, 1.807) is 6.26 Å². The molecule has 0 radical (unpaired) electrons. The van der Waals surface area contributed by atoms with Crippen molar-refractivity contribution in [2.75, 3.05) is 20.3 Å². The molecule has 1 fully saturated rings. The summed E-state index contributed by atoms with van der Waals surface area (Å²) in [4.78, 5) is 2.31. The Hall–Kier alpha value is -0.320. The summed E-state index contributed by atoms with van der Waals surface area (Å²) >= 11 is 3.30. The van der Waals surface area contributed by atoms with E-state index < -0.39 is 0 Å². The maximum atomic E-state index is 5.35. The van der Waals surface area contributed by atoms with Crippen LogP contribution in [0.4, 0.5) is 0 Å². The average Bonchev–Trinajstić information content (AvgIpc) is 2.75. The van der Waals surface area contributed by atoms with Crippen molar-refractivity contribution in [3.63, 3.8) is 0 Å². The summed E-state index contributed by atoms with van der Waals surface area (Å²) < 4.78 is 11.3. The molecule has 0 amide bonds. The average molecular weight is 260 g/mol. The first-order valence-corrected chi connectivity index (χ1v) is 5.56. The van der Waals surface area contributed by atoms with Crippen LogP contribution in [0.2, 0.25) is 0 Å². The molecule has 1 atom stereocenters. The van der Waals surface area contributed by atoms with Crippen LogP contribution in [0.1, 0.15) is 12.0 Å². The third kappa shape index (κ3) is 2.38. The molecular weight excluding hydrogens is 246 g/mol. The summed E-state index contributed by atoms with van der Waals surface area (Å²) in [6, 6.07) is 2.57. The van der Waals surface area contributed by atoms with E-state index in [0.717, 1.165) is 30.8 Å². The van der Waals surface area contributed by atoms with Gasteiger partial charge in [-0.2, -0.15) is 0 Å². The lowest BCUT2D eigenvalue weighted by Crippen LogP contribution is -2.31. The van der Waals surface area contributed by atoms with Gasteiger partial charge >= 0.3 is 0 Å². The van der Waals surface area contributed by atoms with Crippen LogP contribution >= 0.6 is 15.9 Å². The number of hydrogen-bond acceptors (Lipinski definition) is 3. The first-order valence-electron chi connectivity index (χ1n) is 4.76. The van der Waals surface area contributed by atoms with Crippen molar-refractivity contribution >= 4 is 15.9 Å². The van der Waals surface area contributed by atoms with E-state index in [2.05, 4.69) is 27.9 Å². The minimum absolute atomic E-state index is 0.559. The van der Waals surface area contributed by atoms with Crippen LogP contribution in [0.3, 0.4) is 0 Å². The first-order chi connectivity index (χ1) is 6.75. The fourth-order valence-corrected chi connectivity index (χ4v) is 2.10. The molecule has 3 nitrogen and oxygen atoms in total. The van der Waals surface area contributed by atoms with Gasteiger partial charge in [0.2, 0.25) is 0 Å². The number of furan rings is 1. The molecule has 2 rings (SSSR count). The zero-order valence-corrected chi connectivity index (χ0v) is 9.79. The van der Waals surface area contributed by atoms with Gasteiger partial charge in [0.15, 0.2) is 4.67 Å². The number of halogens is 1. The van der Waals surface area contributed by atoms with Gasteiger partial charge in [0.05, 0.1) is 12.9 Å². The van der Waals surface area contributed by atoms with Gasteiger partial charge < -0.3 is 9.15 Å². The van der Waals surface area contributed by atoms with Crippen LogP contribution in [0.25, 0.3) is 0 Å². The molecule has 1 unspecified atom stereocenters. The molecule has 1 aromatic heterocycles. The summed E-state index contributed by atoms with van der Waals surface area (Å²) in [5.41, 5.74) is 1.20. The predicted octanol–water partition coefficient (Wildman–Crippen LogP) is 2.26. The number of hydrogen-bond donors (Lipinski definition) is 0. The van der Waals surface area contributed by atoms with Gasteiger partial charge in [-0.05, 0) is 35.5 Å². The van der Waals surface area contributed by atoms with Gasteiger partial charge in [-0.3, -0.25) is 4.90 Å². The molecule has 78 valence electrons. The minimum Gasteiger partial charge on any atom is -0.457 e. The highest BCUT2D eigenvalue weighted by Gasteiger charge is 2.20. The highest BCUT2D eigenvalue weighted by atomic mass is 79.9. The minimum atomic E-state index is 0.559. The first kappa shape index (κ1) is 10.2. The Labute approximate surface area is 92.2 Å². The molecule has 0 aliphatic carbocycles. The Balaban J connectivity index is 1.90. The van der Waals surface area contributed by atoms with E-state index in [4.69, 9.17) is 9.15 Å². The van der Waals surface area contributed by atoms with Crippen LogP contribution in [0.15, 0.2) is 21.4 Å². The van der Waals surface area contributed by atoms with E-state index in [1.807, 2.05) is 6.07 Å². The van der Waals surface area contributed by atoms with E-state index in [0.29, 0.717) is 6.04 Å². The van der Waals surface area contributed by atoms with Crippen molar-refractivity contribution in [1.82, 2.24) is 4.90 Å². The molecule has 1 aliphatic rings. The van der Waals surface area contributed by atoms with E-state index in [9.17, 15) is 0 Å². The zero-order valence-electron chi connectivity index (χ0n) is 8.20. The summed E-state index contributed by atoms with van der Waals surface area (Å²) in [5, 5.41) is 0. The fraction of sp³-hybridized carbons (Fsp3) is 0.600. The van der Waals surface area contributed by atoms with Gasteiger partial charge in [0, 0.05) is 24.8 Å². The molecule has 0 spiro atoms. The standard InChI is InChI=1S/C10H14BrNO2/c1-12(9-2-3-13-7-9)5-8-4-10(11)14-6-8/h4,6,9H,2-3,5,7H2,1H3. The lowest BCUT2D eigenvalue weighted by atomic mass is 10.2. The summed E-state index contributed by atoms with van der Waals surface area (Å²) in [5.74, 6) is 0. The molecule has 4 heteroatoms. The Morgan fingerprint density at radius 2 is 2.50 bits per heavy atom. The van der Waals surface area contributed by atoms with E-state index in [1.165, 1.54) is 5.56 Å². The third-order valence-electron chi connectivity index (χ3n) is 2.58. The molecule has 1 aromatic rings. The fourth-order valence-electron chi connectivity index (χ4n) is 1.72. The Morgan fingerprint density at radius 3 is 3.07 bits per heavy atom. The quantitative estimate of drug-likeness (QED) is 0.833. The van der Waals surface area contributed by atoms with Crippen LogP contribution in [-0.4, -0.2) is 31.2 Å². The van der Waals surface area contributed by atoms with Gasteiger partial charge in [-0.25, -0.2) is 0 Å². The molecule has 1 aliphatic heterocycles. The van der Waals surface area contributed by atoms with Gasteiger partial charge in [-0.15, -0.1) is 0 Å².